The normalized spacial score (nSPS) is 13.7. The minimum absolute atomic E-state index is 0.00624. The van der Waals surface area contributed by atoms with Crippen molar-refractivity contribution in [3.8, 4) is 11.5 Å². The highest BCUT2D eigenvalue weighted by molar-refractivity contribution is 5.86. The van der Waals surface area contributed by atoms with Crippen molar-refractivity contribution in [1.82, 2.24) is 10.3 Å². The van der Waals surface area contributed by atoms with Gasteiger partial charge in [-0.15, -0.1) is 0 Å². The number of para-hydroxylation sites is 1. The predicted octanol–water partition coefficient (Wildman–Crippen LogP) is 5.75. The second-order valence-electron chi connectivity index (χ2n) is 8.13. The van der Waals surface area contributed by atoms with Crippen molar-refractivity contribution >= 4 is 16.8 Å². The van der Waals surface area contributed by atoms with Gasteiger partial charge in [-0.1, -0.05) is 42.5 Å². The molecule has 174 valence electrons. The van der Waals surface area contributed by atoms with Crippen LogP contribution in [0.3, 0.4) is 0 Å². The molecule has 2 N–H and O–H groups in total. The maximum atomic E-state index is 13.4. The zero-order valence-electron chi connectivity index (χ0n) is 18.0. The van der Waals surface area contributed by atoms with Crippen LogP contribution in [0.15, 0.2) is 72.9 Å². The molecule has 1 aliphatic heterocycles. The second-order valence-corrected chi connectivity index (χ2v) is 8.13. The van der Waals surface area contributed by atoms with Gasteiger partial charge < -0.3 is 19.8 Å². The molecule has 0 bridgehead atoms. The molecule has 1 amide bonds. The van der Waals surface area contributed by atoms with Gasteiger partial charge in [-0.05, 0) is 41.0 Å². The quantitative estimate of drug-likeness (QED) is 0.380. The first-order valence-electron chi connectivity index (χ1n) is 10.8. The fourth-order valence-corrected chi connectivity index (χ4v) is 4.23. The van der Waals surface area contributed by atoms with Gasteiger partial charge in [0.05, 0.1) is 5.56 Å². The number of halogens is 3. The Balaban J connectivity index is 1.41. The number of carbonyl (C=O) groups is 1. The molecule has 0 fully saturated rings. The molecule has 0 saturated heterocycles. The minimum Gasteiger partial charge on any atom is -0.454 e. The summed E-state index contributed by atoms with van der Waals surface area (Å²) in [4.78, 5) is 16.1. The molecule has 3 aromatic carbocycles. The Hall–Kier alpha value is -3.94. The number of benzene rings is 3. The molecule has 5 rings (SSSR count). The summed E-state index contributed by atoms with van der Waals surface area (Å²) >= 11 is 0. The highest BCUT2D eigenvalue weighted by Crippen LogP contribution is 2.37. The zero-order chi connectivity index (χ0) is 23.7. The molecule has 1 unspecified atom stereocenters. The Morgan fingerprint density at radius 3 is 2.68 bits per heavy atom. The molecular weight excluding hydrogens is 445 g/mol. The summed E-state index contributed by atoms with van der Waals surface area (Å²) in [5, 5.41) is 3.75. The van der Waals surface area contributed by atoms with Gasteiger partial charge in [-0.25, -0.2) is 0 Å². The van der Waals surface area contributed by atoms with E-state index in [1.54, 1.807) is 24.4 Å². The maximum absolute atomic E-state index is 13.4. The SMILES string of the molecule is O=C(CC(c1cccc(C(F)(F)F)c1)c1c[nH]c2ccccc12)NCc1ccc2c(c1)OCO2. The first kappa shape index (κ1) is 21.9. The van der Waals surface area contributed by atoms with Gasteiger partial charge >= 0.3 is 6.18 Å². The van der Waals surface area contributed by atoms with E-state index >= 15 is 0 Å². The van der Waals surface area contributed by atoms with Crippen LogP contribution in [-0.4, -0.2) is 17.7 Å². The Morgan fingerprint density at radius 2 is 1.82 bits per heavy atom. The molecule has 1 atom stereocenters. The van der Waals surface area contributed by atoms with Gasteiger partial charge in [0.1, 0.15) is 0 Å². The van der Waals surface area contributed by atoms with Crippen LogP contribution < -0.4 is 14.8 Å². The first-order chi connectivity index (χ1) is 16.4. The van der Waals surface area contributed by atoms with E-state index in [-0.39, 0.29) is 25.7 Å². The lowest BCUT2D eigenvalue weighted by molar-refractivity contribution is -0.137. The number of H-pyrrole nitrogens is 1. The zero-order valence-corrected chi connectivity index (χ0v) is 18.0. The number of amides is 1. The molecular formula is C26H21F3N2O3. The second kappa shape index (κ2) is 8.78. The van der Waals surface area contributed by atoms with Crippen LogP contribution in [0.5, 0.6) is 11.5 Å². The molecule has 34 heavy (non-hydrogen) atoms. The third-order valence-corrected chi connectivity index (χ3v) is 5.93. The van der Waals surface area contributed by atoms with Crippen LogP contribution in [-0.2, 0) is 17.5 Å². The third-order valence-electron chi connectivity index (χ3n) is 5.93. The van der Waals surface area contributed by atoms with E-state index in [2.05, 4.69) is 10.3 Å². The van der Waals surface area contributed by atoms with Gasteiger partial charge in [0.2, 0.25) is 12.7 Å². The van der Waals surface area contributed by atoms with Crippen molar-refractivity contribution in [2.45, 2.75) is 25.1 Å². The van der Waals surface area contributed by atoms with Crippen molar-refractivity contribution < 1.29 is 27.4 Å². The van der Waals surface area contributed by atoms with Gasteiger partial charge in [0, 0.05) is 36.0 Å². The molecule has 0 spiro atoms. The van der Waals surface area contributed by atoms with E-state index in [9.17, 15) is 18.0 Å². The molecule has 5 nitrogen and oxygen atoms in total. The van der Waals surface area contributed by atoms with Crippen LogP contribution >= 0.6 is 0 Å². The number of rotatable bonds is 6. The summed E-state index contributed by atoms with van der Waals surface area (Å²) < 4.78 is 50.8. The average Bonchev–Trinajstić information content (AvgIpc) is 3.47. The number of hydrogen-bond acceptors (Lipinski definition) is 3. The molecule has 4 aromatic rings. The molecule has 8 heteroatoms. The fraction of sp³-hybridized carbons (Fsp3) is 0.192. The number of aromatic nitrogens is 1. The minimum atomic E-state index is -4.47. The molecule has 1 aliphatic rings. The largest absolute Gasteiger partial charge is 0.454 e. The summed E-state index contributed by atoms with van der Waals surface area (Å²) in [5.41, 5.74) is 2.15. The fourth-order valence-electron chi connectivity index (χ4n) is 4.23. The lowest BCUT2D eigenvalue weighted by Gasteiger charge is -2.19. The summed E-state index contributed by atoms with van der Waals surface area (Å²) in [6.07, 6.45) is -2.71. The van der Waals surface area contributed by atoms with Crippen molar-refractivity contribution in [3.63, 3.8) is 0 Å². The highest BCUT2D eigenvalue weighted by atomic mass is 19.4. The van der Waals surface area contributed by atoms with Gasteiger partial charge in [0.15, 0.2) is 11.5 Å². The van der Waals surface area contributed by atoms with Crippen LogP contribution in [0.25, 0.3) is 10.9 Å². The van der Waals surface area contributed by atoms with Crippen molar-refractivity contribution in [2.75, 3.05) is 6.79 Å². The lowest BCUT2D eigenvalue weighted by atomic mass is 9.87. The first-order valence-corrected chi connectivity index (χ1v) is 10.8. The van der Waals surface area contributed by atoms with E-state index in [1.165, 1.54) is 6.07 Å². The number of aromatic amines is 1. The van der Waals surface area contributed by atoms with Crippen LogP contribution in [0, 0.1) is 0 Å². The van der Waals surface area contributed by atoms with Crippen molar-refractivity contribution in [3.05, 3.63) is 95.2 Å². The number of carbonyl (C=O) groups excluding carboxylic acids is 1. The molecule has 2 heterocycles. The predicted molar refractivity (Wildman–Crippen MR) is 121 cm³/mol. The monoisotopic (exact) mass is 466 g/mol. The van der Waals surface area contributed by atoms with Crippen LogP contribution in [0.2, 0.25) is 0 Å². The van der Waals surface area contributed by atoms with Crippen LogP contribution in [0.1, 0.15) is 34.6 Å². The van der Waals surface area contributed by atoms with E-state index in [4.69, 9.17) is 9.47 Å². The number of ether oxygens (including phenoxy) is 2. The van der Waals surface area contributed by atoms with E-state index in [0.29, 0.717) is 17.1 Å². The smallest absolute Gasteiger partial charge is 0.416 e. The number of hydrogen-bond donors (Lipinski definition) is 2. The van der Waals surface area contributed by atoms with Crippen molar-refractivity contribution in [2.24, 2.45) is 0 Å². The third kappa shape index (κ3) is 4.44. The Labute approximate surface area is 193 Å². The van der Waals surface area contributed by atoms with Gasteiger partial charge in [-0.2, -0.15) is 13.2 Å². The number of alkyl halides is 3. The standard InChI is InChI=1S/C26H21F3N2O3/c27-26(28,29)18-5-3-4-17(11-18)20(21-14-30-22-7-2-1-6-19(21)22)12-25(32)31-13-16-8-9-23-24(10-16)34-15-33-23/h1-11,14,20,30H,12-13,15H2,(H,31,32). The van der Waals surface area contributed by atoms with Gasteiger partial charge in [-0.3, -0.25) is 4.79 Å². The highest BCUT2D eigenvalue weighted by Gasteiger charge is 2.32. The van der Waals surface area contributed by atoms with E-state index in [0.717, 1.165) is 34.2 Å². The molecule has 1 aromatic heterocycles. The number of nitrogens with one attached hydrogen (secondary N) is 2. The summed E-state index contributed by atoms with van der Waals surface area (Å²) in [7, 11) is 0. The van der Waals surface area contributed by atoms with E-state index in [1.807, 2.05) is 30.3 Å². The Bertz CT molecular complexity index is 1350. The van der Waals surface area contributed by atoms with Crippen molar-refractivity contribution in [1.29, 1.82) is 0 Å². The Morgan fingerprint density at radius 1 is 1.00 bits per heavy atom. The Kier molecular flexibility index (Phi) is 5.65. The molecule has 0 aliphatic carbocycles. The number of fused-ring (bicyclic) bond motifs is 2. The lowest BCUT2D eigenvalue weighted by Crippen LogP contribution is -2.25. The van der Waals surface area contributed by atoms with Gasteiger partial charge in [0.25, 0.3) is 0 Å². The van der Waals surface area contributed by atoms with Crippen LogP contribution in [0.4, 0.5) is 13.2 Å². The molecule has 0 saturated carbocycles. The summed E-state index contributed by atoms with van der Waals surface area (Å²) in [6.45, 7) is 0.424. The molecule has 0 radical (unpaired) electrons. The summed E-state index contributed by atoms with van der Waals surface area (Å²) in [6, 6.07) is 18.1. The average molecular weight is 466 g/mol. The summed E-state index contributed by atoms with van der Waals surface area (Å²) in [5.74, 6) is 0.437. The maximum Gasteiger partial charge on any atom is 0.416 e. The topological polar surface area (TPSA) is 63.4 Å². The van der Waals surface area contributed by atoms with E-state index < -0.39 is 17.7 Å².